The molecule has 0 aliphatic rings. The maximum absolute atomic E-state index is 11.0. The molecule has 2 nitrogen and oxygen atoms in total. The van der Waals surface area contributed by atoms with Gasteiger partial charge in [-0.25, -0.2) is 0 Å². The van der Waals surface area contributed by atoms with E-state index in [9.17, 15) is 5.11 Å². The lowest BCUT2D eigenvalue weighted by atomic mass is 9.82. The molecule has 0 saturated heterocycles. The van der Waals surface area contributed by atoms with E-state index in [4.69, 9.17) is 0 Å². The Morgan fingerprint density at radius 2 is 1.57 bits per heavy atom. The number of hydrogen-bond acceptors (Lipinski definition) is 1. The highest BCUT2D eigenvalue weighted by Crippen LogP contribution is 2.43. The molecule has 136 valence electrons. The first-order valence-corrected chi connectivity index (χ1v) is 10.0. The van der Waals surface area contributed by atoms with E-state index in [0.29, 0.717) is 5.75 Å². The molecule has 1 heterocycles. The molecule has 0 amide bonds. The molecule has 0 aliphatic heterocycles. The number of aromatic amines is 1. The smallest absolute Gasteiger partial charge is 0.120 e. The van der Waals surface area contributed by atoms with Crippen molar-refractivity contribution in [1.82, 2.24) is 4.98 Å². The maximum Gasteiger partial charge on any atom is 0.120 e. The quantitative estimate of drug-likeness (QED) is 0.320. The van der Waals surface area contributed by atoms with Gasteiger partial charge in [-0.1, -0.05) is 76.6 Å². The van der Waals surface area contributed by atoms with E-state index in [-0.39, 0.29) is 5.92 Å². The Morgan fingerprint density at radius 1 is 0.786 bits per heavy atom. The lowest BCUT2D eigenvalue weighted by molar-refractivity contribution is 0.468. The topological polar surface area (TPSA) is 36.0 Å². The first kappa shape index (κ1) is 17.1. The summed E-state index contributed by atoms with van der Waals surface area (Å²) < 4.78 is 1.03. The molecule has 0 aliphatic carbocycles. The summed E-state index contributed by atoms with van der Waals surface area (Å²) in [7, 11) is 0. The van der Waals surface area contributed by atoms with Crippen molar-refractivity contribution >= 4 is 37.6 Å². The molecule has 0 radical (unpaired) electrons. The monoisotopic (exact) mass is 427 g/mol. The van der Waals surface area contributed by atoms with Gasteiger partial charge in [0.15, 0.2) is 0 Å². The SMILES string of the molecule is Oc1ccc2cc(Br)ccc2c1C(c1ccccc1)c1c[nH]c2ccccc12. The Morgan fingerprint density at radius 3 is 2.43 bits per heavy atom. The van der Waals surface area contributed by atoms with E-state index in [1.165, 1.54) is 5.39 Å². The Balaban J connectivity index is 1.86. The summed E-state index contributed by atoms with van der Waals surface area (Å²) in [5.41, 5.74) is 4.34. The molecular weight excluding hydrogens is 410 g/mol. The van der Waals surface area contributed by atoms with Crippen LogP contribution in [-0.4, -0.2) is 10.1 Å². The van der Waals surface area contributed by atoms with Gasteiger partial charge in [0.1, 0.15) is 5.75 Å². The fourth-order valence-electron chi connectivity index (χ4n) is 4.10. The Labute approximate surface area is 171 Å². The van der Waals surface area contributed by atoms with Crippen LogP contribution < -0.4 is 0 Å². The number of benzene rings is 4. The number of rotatable bonds is 3. The molecule has 1 unspecified atom stereocenters. The summed E-state index contributed by atoms with van der Waals surface area (Å²) in [4.78, 5) is 3.40. The van der Waals surface area contributed by atoms with Crippen LogP contribution in [0.25, 0.3) is 21.7 Å². The average Bonchev–Trinajstić information content (AvgIpc) is 3.15. The molecule has 0 bridgehead atoms. The maximum atomic E-state index is 11.0. The number of nitrogens with one attached hydrogen (secondary N) is 1. The van der Waals surface area contributed by atoms with Crippen LogP contribution in [0.3, 0.4) is 0 Å². The van der Waals surface area contributed by atoms with Crippen LogP contribution >= 0.6 is 15.9 Å². The second-order valence-corrected chi connectivity index (χ2v) is 7.91. The van der Waals surface area contributed by atoms with Gasteiger partial charge < -0.3 is 10.1 Å². The van der Waals surface area contributed by atoms with Gasteiger partial charge >= 0.3 is 0 Å². The van der Waals surface area contributed by atoms with Gasteiger partial charge in [0.25, 0.3) is 0 Å². The van der Waals surface area contributed by atoms with Crippen molar-refractivity contribution in [3.8, 4) is 5.75 Å². The number of aromatic hydroxyl groups is 1. The fraction of sp³-hybridized carbons (Fsp3) is 0.0400. The van der Waals surface area contributed by atoms with Gasteiger partial charge in [0.2, 0.25) is 0 Å². The summed E-state index contributed by atoms with van der Waals surface area (Å²) in [5, 5.41) is 14.3. The molecule has 1 aromatic heterocycles. The molecule has 0 saturated carbocycles. The number of H-pyrrole nitrogens is 1. The summed E-state index contributed by atoms with van der Waals surface area (Å²) in [6.07, 6.45) is 2.07. The van der Waals surface area contributed by atoms with Crippen molar-refractivity contribution in [3.63, 3.8) is 0 Å². The minimum Gasteiger partial charge on any atom is -0.508 e. The molecule has 4 aromatic carbocycles. The largest absolute Gasteiger partial charge is 0.508 e. The van der Waals surface area contributed by atoms with Crippen LogP contribution in [0, 0.1) is 0 Å². The number of halogens is 1. The Kier molecular flexibility index (Phi) is 4.18. The van der Waals surface area contributed by atoms with E-state index in [0.717, 1.165) is 37.5 Å². The van der Waals surface area contributed by atoms with Crippen molar-refractivity contribution in [2.24, 2.45) is 0 Å². The number of phenols is 1. The van der Waals surface area contributed by atoms with E-state index in [1.54, 1.807) is 6.07 Å². The van der Waals surface area contributed by atoms with Crippen LogP contribution in [0.1, 0.15) is 22.6 Å². The third-order valence-corrected chi connectivity index (χ3v) is 5.85. The van der Waals surface area contributed by atoms with Gasteiger partial charge in [-0.05, 0) is 46.2 Å². The zero-order valence-corrected chi connectivity index (χ0v) is 16.6. The number of phenolic OH excluding ortho intramolecular Hbond substituents is 1. The lowest BCUT2D eigenvalue weighted by Crippen LogP contribution is -2.04. The third kappa shape index (κ3) is 2.79. The van der Waals surface area contributed by atoms with Gasteiger partial charge in [-0.15, -0.1) is 0 Å². The first-order valence-electron chi connectivity index (χ1n) is 9.24. The fourth-order valence-corrected chi connectivity index (χ4v) is 4.48. The third-order valence-electron chi connectivity index (χ3n) is 5.35. The second-order valence-electron chi connectivity index (χ2n) is 7.00. The minimum atomic E-state index is -0.0813. The predicted molar refractivity (Wildman–Crippen MR) is 119 cm³/mol. The molecule has 5 rings (SSSR count). The zero-order chi connectivity index (χ0) is 19.1. The molecule has 0 fully saturated rings. The van der Waals surface area contributed by atoms with Gasteiger partial charge in [0.05, 0.1) is 0 Å². The van der Waals surface area contributed by atoms with E-state index in [1.807, 2.05) is 24.3 Å². The van der Waals surface area contributed by atoms with Crippen molar-refractivity contribution in [1.29, 1.82) is 0 Å². The van der Waals surface area contributed by atoms with E-state index in [2.05, 4.69) is 81.7 Å². The predicted octanol–water partition coefficient (Wildman–Crippen LogP) is 6.97. The van der Waals surface area contributed by atoms with Crippen LogP contribution in [0.2, 0.25) is 0 Å². The van der Waals surface area contributed by atoms with Gasteiger partial charge in [-0.3, -0.25) is 0 Å². The molecule has 5 aromatic rings. The highest BCUT2D eigenvalue weighted by molar-refractivity contribution is 9.10. The second kappa shape index (κ2) is 6.84. The van der Waals surface area contributed by atoms with Gasteiger partial charge in [0, 0.05) is 33.1 Å². The number of para-hydroxylation sites is 1. The van der Waals surface area contributed by atoms with Crippen molar-refractivity contribution in [3.05, 3.63) is 112 Å². The summed E-state index contributed by atoms with van der Waals surface area (Å²) in [6.45, 7) is 0. The zero-order valence-electron chi connectivity index (χ0n) is 15.1. The van der Waals surface area contributed by atoms with Crippen molar-refractivity contribution in [2.75, 3.05) is 0 Å². The Hall–Kier alpha value is -3.04. The molecule has 2 N–H and O–H groups in total. The van der Waals surface area contributed by atoms with Gasteiger partial charge in [-0.2, -0.15) is 0 Å². The number of fused-ring (bicyclic) bond motifs is 2. The van der Waals surface area contributed by atoms with Crippen LogP contribution in [-0.2, 0) is 0 Å². The summed E-state index contributed by atoms with van der Waals surface area (Å²) in [5.74, 6) is 0.233. The molecular formula is C25H18BrNO. The molecule has 28 heavy (non-hydrogen) atoms. The van der Waals surface area contributed by atoms with Crippen molar-refractivity contribution in [2.45, 2.75) is 5.92 Å². The first-order chi connectivity index (χ1) is 13.7. The molecule has 1 atom stereocenters. The normalized spacial score (nSPS) is 12.5. The summed E-state index contributed by atoms with van der Waals surface area (Å²) >= 11 is 3.56. The van der Waals surface area contributed by atoms with Crippen LogP contribution in [0.15, 0.2) is 95.6 Å². The van der Waals surface area contributed by atoms with Crippen LogP contribution in [0.4, 0.5) is 0 Å². The average molecular weight is 428 g/mol. The van der Waals surface area contributed by atoms with Crippen molar-refractivity contribution < 1.29 is 5.11 Å². The van der Waals surface area contributed by atoms with Crippen LogP contribution in [0.5, 0.6) is 5.75 Å². The lowest BCUT2D eigenvalue weighted by Gasteiger charge is -2.21. The number of aromatic nitrogens is 1. The minimum absolute atomic E-state index is 0.0813. The molecule has 0 spiro atoms. The summed E-state index contributed by atoms with van der Waals surface area (Å²) in [6, 6.07) is 28.7. The Bertz CT molecular complexity index is 1290. The van der Waals surface area contributed by atoms with E-state index < -0.39 is 0 Å². The molecule has 3 heteroatoms. The standard InChI is InChI=1S/C25H18BrNO/c26-18-11-12-19-17(14-18)10-13-23(28)25(19)24(16-6-2-1-3-7-16)21-15-27-22-9-5-4-8-20(21)22/h1-15,24,27-28H. The van der Waals surface area contributed by atoms with E-state index >= 15 is 0 Å². The highest BCUT2D eigenvalue weighted by atomic mass is 79.9. The highest BCUT2D eigenvalue weighted by Gasteiger charge is 2.24. The number of hydrogen-bond donors (Lipinski definition) is 2.